The minimum absolute atomic E-state index is 0.104. The minimum atomic E-state index is -0.588. The van der Waals surface area contributed by atoms with Crippen molar-refractivity contribution < 1.29 is 9.32 Å². The lowest BCUT2D eigenvalue weighted by molar-refractivity contribution is -0.134. The van der Waals surface area contributed by atoms with Crippen LogP contribution >= 0.6 is 0 Å². The zero-order chi connectivity index (χ0) is 23.7. The lowest BCUT2D eigenvalue weighted by atomic mass is 10.2. The van der Waals surface area contributed by atoms with Gasteiger partial charge in [0.1, 0.15) is 6.54 Å². The molecule has 1 saturated heterocycles. The fourth-order valence-electron chi connectivity index (χ4n) is 4.20. The van der Waals surface area contributed by atoms with Gasteiger partial charge < -0.3 is 14.4 Å². The third-order valence-corrected chi connectivity index (χ3v) is 6.23. The van der Waals surface area contributed by atoms with Crippen LogP contribution < -0.4 is 11.2 Å². The van der Waals surface area contributed by atoms with Crippen LogP contribution in [0.1, 0.15) is 18.9 Å². The van der Waals surface area contributed by atoms with E-state index in [9.17, 15) is 14.4 Å². The van der Waals surface area contributed by atoms with Crippen LogP contribution in [0.15, 0.2) is 68.7 Å². The predicted octanol–water partition coefficient (Wildman–Crippen LogP) is 1.65. The monoisotopic (exact) mass is 460 g/mol. The SMILES string of the molecule is CC(c1nc(-c2ccccc2)no1)N1CCN(C(=O)Cn2c(=O)[nH]c3ccccc3c2=O)CC1. The summed E-state index contributed by atoms with van der Waals surface area (Å²) in [7, 11) is 0. The van der Waals surface area contributed by atoms with E-state index < -0.39 is 11.2 Å². The lowest BCUT2D eigenvalue weighted by Crippen LogP contribution is -2.51. The van der Waals surface area contributed by atoms with E-state index in [2.05, 4.69) is 20.0 Å². The molecule has 0 bridgehead atoms. The maximum absolute atomic E-state index is 12.9. The number of para-hydroxylation sites is 1. The fourth-order valence-corrected chi connectivity index (χ4v) is 4.20. The van der Waals surface area contributed by atoms with Crippen LogP contribution in [0.25, 0.3) is 22.3 Å². The summed E-state index contributed by atoms with van der Waals surface area (Å²) in [6.45, 7) is 3.87. The van der Waals surface area contributed by atoms with Crippen molar-refractivity contribution in [2.24, 2.45) is 0 Å². The van der Waals surface area contributed by atoms with Crippen molar-refractivity contribution in [1.82, 2.24) is 29.5 Å². The van der Waals surface area contributed by atoms with Gasteiger partial charge in [0.2, 0.25) is 17.6 Å². The van der Waals surface area contributed by atoms with Gasteiger partial charge >= 0.3 is 5.69 Å². The van der Waals surface area contributed by atoms with E-state index in [1.807, 2.05) is 37.3 Å². The maximum Gasteiger partial charge on any atom is 0.329 e. The molecule has 2 aromatic heterocycles. The van der Waals surface area contributed by atoms with Gasteiger partial charge in [0.05, 0.1) is 16.9 Å². The number of piperazine rings is 1. The molecule has 1 N–H and O–H groups in total. The zero-order valence-electron chi connectivity index (χ0n) is 18.7. The van der Waals surface area contributed by atoms with Gasteiger partial charge in [-0.2, -0.15) is 4.98 Å². The van der Waals surface area contributed by atoms with Gasteiger partial charge in [-0.25, -0.2) is 4.79 Å². The van der Waals surface area contributed by atoms with Crippen molar-refractivity contribution in [3.63, 3.8) is 0 Å². The number of amides is 1. The summed E-state index contributed by atoms with van der Waals surface area (Å²) < 4.78 is 6.45. The smallest absolute Gasteiger partial charge is 0.329 e. The summed E-state index contributed by atoms with van der Waals surface area (Å²) in [6.07, 6.45) is 0. The molecule has 0 spiro atoms. The highest BCUT2D eigenvalue weighted by molar-refractivity contribution is 5.79. The van der Waals surface area contributed by atoms with Crippen LogP contribution in [-0.2, 0) is 11.3 Å². The average Bonchev–Trinajstić information content (AvgIpc) is 3.37. The van der Waals surface area contributed by atoms with Gasteiger partial charge in [-0.15, -0.1) is 0 Å². The summed E-state index contributed by atoms with van der Waals surface area (Å²) in [5, 5.41) is 4.47. The van der Waals surface area contributed by atoms with Crippen molar-refractivity contribution in [3.05, 3.63) is 81.3 Å². The summed E-state index contributed by atoms with van der Waals surface area (Å²) in [5.74, 6) is 0.800. The van der Waals surface area contributed by atoms with Crippen LogP contribution in [0.5, 0.6) is 0 Å². The molecule has 5 rings (SSSR count). The Hall–Kier alpha value is -4.05. The number of benzene rings is 2. The molecule has 2 aromatic carbocycles. The van der Waals surface area contributed by atoms with E-state index in [-0.39, 0.29) is 18.5 Å². The van der Waals surface area contributed by atoms with Crippen molar-refractivity contribution in [3.8, 4) is 11.4 Å². The zero-order valence-corrected chi connectivity index (χ0v) is 18.7. The molecule has 3 heterocycles. The van der Waals surface area contributed by atoms with Crippen molar-refractivity contribution >= 4 is 16.8 Å². The molecule has 1 unspecified atom stereocenters. The number of nitrogens with one attached hydrogen (secondary N) is 1. The second-order valence-electron chi connectivity index (χ2n) is 8.28. The van der Waals surface area contributed by atoms with E-state index in [4.69, 9.17) is 4.52 Å². The van der Waals surface area contributed by atoms with Crippen LogP contribution in [0, 0.1) is 0 Å². The van der Waals surface area contributed by atoms with Gasteiger partial charge in [0.25, 0.3) is 5.56 Å². The molecule has 10 heteroatoms. The van der Waals surface area contributed by atoms with Gasteiger partial charge in [0.15, 0.2) is 0 Å². The Labute approximate surface area is 194 Å². The van der Waals surface area contributed by atoms with Crippen molar-refractivity contribution in [2.75, 3.05) is 26.2 Å². The van der Waals surface area contributed by atoms with Crippen LogP contribution in [0.4, 0.5) is 0 Å². The lowest BCUT2D eigenvalue weighted by Gasteiger charge is -2.36. The van der Waals surface area contributed by atoms with Gasteiger partial charge in [-0.3, -0.25) is 19.1 Å². The number of rotatable bonds is 5. The highest BCUT2D eigenvalue weighted by Crippen LogP contribution is 2.23. The number of carbonyl (C=O) groups excluding carboxylic acids is 1. The quantitative estimate of drug-likeness (QED) is 0.481. The Morgan fingerprint density at radius 3 is 2.50 bits per heavy atom. The van der Waals surface area contributed by atoms with Crippen molar-refractivity contribution in [2.45, 2.75) is 19.5 Å². The number of hydrogen-bond donors (Lipinski definition) is 1. The number of nitrogens with zero attached hydrogens (tertiary/aromatic N) is 5. The highest BCUT2D eigenvalue weighted by atomic mass is 16.5. The first-order valence-corrected chi connectivity index (χ1v) is 11.1. The maximum atomic E-state index is 12.9. The first kappa shape index (κ1) is 21.8. The van der Waals surface area contributed by atoms with Crippen LogP contribution in [0.3, 0.4) is 0 Å². The van der Waals surface area contributed by atoms with E-state index >= 15 is 0 Å². The molecule has 1 fully saturated rings. The van der Waals surface area contributed by atoms with E-state index in [1.54, 1.807) is 29.2 Å². The Morgan fingerprint density at radius 2 is 1.74 bits per heavy atom. The molecule has 4 aromatic rings. The Morgan fingerprint density at radius 1 is 1.03 bits per heavy atom. The van der Waals surface area contributed by atoms with E-state index in [0.717, 1.165) is 10.1 Å². The predicted molar refractivity (Wildman–Crippen MR) is 125 cm³/mol. The summed E-state index contributed by atoms with van der Waals surface area (Å²) in [6, 6.07) is 16.3. The standard InChI is InChI=1S/C24H24N6O4/c1-16(22-26-21(27-34-22)17-7-3-2-4-8-17)28-11-13-29(14-12-28)20(31)15-30-23(32)18-9-5-6-10-19(18)25-24(30)33/h2-10,16H,11-15H2,1H3,(H,25,33). The van der Waals surface area contributed by atoms with Gasteiger partial charge in [0, 0.05) is 31.7 Å². The average molecular weight is 460 g/mol. The molecule has 174 valence electrons. The highest BCUT2D eigenvalue weighted by Gasteiger charge is 2.28. The number of carbonyl (C=O) groups is 1. The number of hydrogen-bond acceptors (Lipinski definition) is 7. The second kappa shape index (κ2) is 9.06. The van der Waals surface area contributed by atoms with E-state index in [1.165, 1.54) is 0 Å². The number of aromatic amines is 1. The molecule has 1 aliphatic rings. The summed E-state index contributed by atoms with van der Waals surface area (Å²) in [5.41, 5.74) is 0.291. The minimum Gasteiger partial charge on any atom is -0.339 e. The molecular weight excluding hydrogens is 436 g/mol. The van der Waals surface area contributed by atoms with Gasteiger partial charge in [-0.05, 0) is 19.1 Å². The molecule has 1 aliphatic heterocycles. The molecule has 1 amide bonds. The van der Waals surface area contributed by atoms with E-state index in [0.29, 0.717) is 48.8 Å². The summed E-state index contributed by atoms with van der Waals surface area (Å²) in [4.78, 5) is 49.0. The normalized spacial score (nSPS) is 15.5. The first-order valence-electron chi connectivity index (χ1n) is 11.1. The van der Waals surface area contributed by atoms with Crippen LogP contribution in [0.2, 0.25) is 0 Å². The molecule has 0 radical (unpaired) electrons. The Bertz CT molecular complexity index is 1430. The number of aromatic nitrogens is 4. The Balaban J connectivity index is 1.23. The Kier molecular flexibility index (Phi) is 5.81. The first-order chi connectivity index (χ1) is 16.5. The third-order valence-electron chi connectivity index (χ3n) is 6.23. The fraction of sp³-hybridized carbons (Fsp3) is 0.292. The van der Waals surface area contributed by atoms with Gasteiger partial charge in [-0.1, -0.05) is 47.6 Å². The number of fused-ring (bicyclic) bond motifs is 1. The van der Waals surface area contributed by atoms with Crippen LogP contribution in [-0.4, -0.2) is 61.6 Å². The van der Waals surface area contributed by atoms with Crippen molar-refractivity contribution in [1.29, 1.82) is 0 Å². The largest absolute Gasteiger partial charge is 0.339 e. The molecule has 34 heavy (non-hydrogen) atoms. The third kappa shape index (κ3) is 4.15. The molecule has 0 saturated carbocycles. The summed E-state index contributed by atoms with van der Waals surface area (Å²) >= 11 is 0. The number of H-pyrrole nitrogens is 1. The molecule has 10 nitrogen and oxygen atoms in total. The molecule has 0 aliphatic carbocycles. The molecular formula is C24H24N6O4. The molecule has 1 atom stereocenters. The second-order valence-corrected chi connectivity index (χ2v) is 8.28. The topological polar surface area (TPSA) is 117 Å².